The Morgan fingerprint density at radius 3 is 2.18 bits per heavy atom. The average Bonchev–Trinajstić information content (AvgIpc) is 3.12. The molecule has 1 saturated heterocycles. The number of carbonyl (C=O) groups excluding carboxylic acids is 1. The van der Waals surface area contributed by atoms with Gasteiger partial charge in [0.25, 0.3) is 5.91 Å². The van der Waals surface area contributed by atoms with Gasteiger partial charge in [0.2, 0.25) is 0 Å². The average molecular weight is 400 g/mol. The smallest absolute Gasteiger partial charge is 0.327 e. The maximum atomic E-state index is 13.2. The third-order valence-electron chi connectivity index (χ3n) is 4.92. The number of nitrogens with zero attached hydrogens (tertiary/aromatic N) is 1. The summed E-state index contributed by atoms with van der Waals surface area (Å²) >= 11 is 1.48. The molecule has 1 aliphatic heterocycles. The zero-order chi connectivity index (χ0) is 20.5. The van der Waals surface area contributed by atoms with Crippen molar-refractivity contribution in [3.63, 3.8) is 0 Å². The molecule has 0 radical (unpaired) electrons. The van der Waals surface area contributed by atoms with E-state index in [1.54, 1.807) is 31.4 Å². The van der Waals surface area contributed by atoms with E-state index < -0.39 is 12.0 Å². The molecule has 0 aliphatic carbocycles. The zero-order valence-electron chi connectivity index (χ0n) is 16.5. The molecule has 0 spiro atoms. The Morgan fingerprint density at radius 2 is 1.68 bits per heavy atom. The third kappa shape index (κ3) is 4.02. The van der Waals surface area contributed by atoms with Gasteiger partial charge in [0.05, 0.1) is 7.11 Å². The number of methoxy groups -OCH3 is 1. The number of carbonyl (C=O) groups is 2. The van der Waals surface area contributed by atoms with E-state index in [9.17, 15) is 14.7 Å². The molecule has 1 N–H and O–H groups in total. The second-order valence-corrected chi connectivity index (χ2v) is 8.97. The SMILES string of the molecule is COc1ccc(C(=O)N2[C@@H](C(=O)O)CS[C@H]2c2ccc(C(C)(C)C)cc2)cc1. The first-order valence-electron chi connectivity index (χ1n) is 9.14. The van der Waals surface area contributed by atoms with Crippen LogP contribution in [0.5, 0.6) is 5.75 Å². The van der Waals surface area contributed by atoms with Crippen LogP contribution in [-0.4, -0.2) is 40.8 Å². The largest absolute Gasteiger partial charge is 0.497 e. The van der Waals surface area contributed by atoms with E-state index in [0.717, 1.165) is 5.56 Å². The topological polar surface area (TPSA) is 66.8 Å². The molecule has 0 bridgehead atoms. The van der Waals surface area contributed by atoms with Gasteiger partial charge in [-0.05, 0) is 40.8 Å². The molecule has 2 aromatic carbocycles. The van der Waals surface area contributed by atoms with Crippen LogP contribution in [0.4, 0.5) is 0 Å². The molecule has 2 atom stereocenters. The van der Waals surface area contributed by atoms with Crippen molar-refractivity contribution >= 4 is 23.6 Å². The standard InChI is InChI=1S/C22H25NO4S/c1-22(2,3)16-9-5-15(6-10-16)20-23(18(13-28-20)21(25)26)19(24)14-7-11-17(27-4)12-8-14/h5-12,18,20H,13H2,1-4H3,(H,25,26)/t18-,20+/m1/s1. The quantitative estimate of drug-likeness (QED) is 0.829. The second-order valence-electron chi connectivity index (χ2n) is 7.85. The summed E-state index contributed by atoms with van der Waals surface area (Å²) in [6.07, 6.45) is 0. The number of benzene rings is 2. The molecule has 6 heteroatoms. The number of thioether (sulfide) groups is 1. The van der Waals surface area contributed by atoms with E-state index in [1.165, 1.54) is 22.2 Å². The number of amides is 1. The molecule has 3 rings (SSSR count). The van der Waals surface area contributed by atoms with Crippen molar-refractivity contribution in [2.75, 3.05) is 12.9 Å². The van der Waals surface area contributed by atoms with Crippen LogP contribution >= 0.6 is 11.8 Å². The molecular formula is C22H25NO4S. The Bertz CT molecular complexity index is 856. The van der Waals surface area contributed by atoms with Gasteiger partial charge in [0, 0.05) is 11.3 Å². The van der Waals surface area contributed by atoms with Crippen LogP contribution in [0.15, 0.2) is 48.5 Å². The Kier molecular flexibility index (Phi) is 5.70. The van der Waals surface area contributed by atoms with Gasteiger partial charge in [0.15, 0.2) is 0 Å². The second kappa shape index (κ2) is 7.87. The summed E-state index contributed by atoms with van der Waals surface area (Å²) in [5, 5.41) is 9.32. The summed E-state index contributed by atoms with van der Waals surface area (Å²) in [5.74, 6) is -0.257. The van der Waals surface area contributed by atoms with Crippen molar-refractivity contribution in [2.24, 2.45) is 0 Å². The summed E-state index contributed by atoms with van der Waals surface area (Å²) in [6.45, 7) is 6.44. The molecule has 148 valence electrons. The first kappa shape index (κ1) is 20.3. The Hall–Kier alpha value is -2.47. The maximum absolute atomic E-state index is 13.2. The van der Waals surface area contributed by atoms with Gasteiger partial charge < -0.3 is 14.7 Å². The number of aliphatic carboxylic acids is 1. The molecular weight excluding hydrogens is 374 g/mol. The highest BCUT2D eigenvalue weighted by atomic mass is 32.2. The predicted octanol–water partition coefficient (Wildman–Crippen LogP) is 4.33. The number of hydrogen-bond acceptors (Lipinski definition) is 4. The van der Waals surface area contributed by atoms with E-state index in [0.29, 0.717) is 17.1 Å². The van der Waals surface area contributed by atoms with Crippen molar-refractivity contribution in [2.45, 2.75) is 37.6 Å². The van der Waals surface area contributed by atoms with Gasteiger partial charge in [-0.1, -0.05) is 45.0 Å². The van der Waals surface area contributed by atoms with Gasteiger partial charge in [-0.25, -0.2) is 4.79 Å². The van der Waals surface area contributed by atoms with Crippen LogP contribution in [-0.2, 0) is 10.2 Å². The summed E-state index contributed by atoms with van der Waals surface area (Å²) < 4.78 is 5.14. The maximum Gasteiger partial charge on any atom is 0.327 e. The van der Waals surface area contributed by atoms with E-state index in [4.69, 9.17) is 4.74 Å². The molecule has 0 aromatic heterocycles. The minimum absolute atomic E-state index is 0.0313. The van der Waals surface area contributed by atoms with Crippen LogP contribution in [0.25, 0.3) is 0 Å². The number of ether oxygens (including phenoxy) is 1. The van der Waals surface area contributed by atoms with Crippen LogP contribution < -0.4 is 4.74 Å². The number of carboxylic acid groups (broad SMARTS) is 1. The van der Waals surface area contributed by atoms with Crippen LogP contribution in [0, 0.1) is 0 Å². The van der Waals surface area contributed by atoms with Gasteiger partial charge in [-0.3, -0.25) is 4.79 Å². The fourth-order valence-corrected chi connectivity index (χ4v) is 4.65. The lowest BCUT2D eigenvalue weighted by Crippen LogP contribution is -2.42. The first-order chi connectivity index (χ1) is 13.2. The van der Waals surface area contributed by atoms with E-state index in [-0.39, 0.29) is 16.7 Å². The predicted molar refractivity (Wildman–Crippen MR) is 111 cm³/mol. The Morgan fingerprint density at radius 1 is 1.07 bits per heavy atom. The lowest BCUT2D eigenvalue weighted by atomic mass is 9.86. The normalized spacial score (nSPS) is 19.5. The summed E-state index contributed by atoms with van der Waals surface area (Å²) in [4.78, 5) is 26.5. The molecule has 0 saturated carbocycles. The van der Waals surface area contributed by atoms with Gasteiger partial charge in [-0.15, -0.1) is 11.8 Å². The van der Waals surface area contributed by atoms with Crippen molar-refractivity contribution in [1.29, 1.82) is 0 Å². The third-order valence-corrected chi connectivity index (χ3v) is 6.24. The van der Waals surface area contributed by atoms with Crippen molar-refractivity contribution in [3.05, 3.63) is 65.2 Å². The fourth-order valence-electron chi connectivity index (χ4n) is 3.23. The molecule has 0 unspecified atom stereocenters. The molecule has 1 heterocycles. The van der Waals surface area contributed by atoms with Crippen molar-refractivity contribution in [1.82, 2.24) is 4.90 Å². The highest BCUT2D eigenvalue weighted by molar-refractivity contribution is 7.99. The van der Waals surface area contributed by atoms with Crippen LogP contribution in [0.2, 0.25) is 0 Å². The first-order valence-corrected chi connectivity index (χ1v) is 10.2. The van der Waals surface area contributed by atoms with Gasteiger partial charge in [0.1, 0.15) is 17.2 Å². The molecule has 2 aromatic rings. The molecule has 5 nitrogen and oxygen atoms in total. The van der Waals surface area contributed by atoms with Gasteiger partial charge in [-0.2, -0.15) is 0 Å². The molecule has 1 aliphatic rings. The summed E-state index contributed by atoms with van der Waals surface area (Å²) in [5.41, 5.74) is 2.61. The van der Waals surface area contributed by atoms with E-state index in [2.05, 4.69) is 32.9 Å². The molecule has 1 fully saturated rings. The molecule has 1 amide bonds. The van der Waals surface area contributed by atoms with Crippen molar-refractivity contribution < 1.29 is 19.4 Å². The highest BCUT2D eigenvalue weighted by Crippen LogP contribution is 2.42. The lowest BCUT2D eigenvalue weighted by molar-refractivity contribution is -0.141. The van der Waals surface area contributed by atoms with Crippen LogP contribution in [0.1, 0.15) is 47.6 Å². The van der Waals surface area contributed by atoms with E-state index >= 15 is 0 Å². The monoisotopic (exact) mass is 399 g/mol. The van der Waals surface area contributed by atoms with Crippen molar-refractivity contribution in [3.8, 4) is 5.75 Å². The van der Waals surface area contributed by atoms with Gasteiger partial charge >= 0.3 is 5.97 Å². The Balaban J connectivity index is 1.93. The van der Waals surface area contributed by atoms with Crippen LogP contribution in [0.3, 0.4) is 0 Å². The molecule has 28 heavy (non-hydrogen) atoms. The summed E-state index contributed by atoms with van der Waals surface area (Å²) in [7, 11) is 1.56. The Labute approximate surface area is 169 Å². The number of rotatable bonds is 4. The number of hydrogen-bond donors (Lipinski definition) is 1. The minimum Gasteiger partial charge on any atom is -0.497 e. The summed E-state index contributed by atoms with van der Waals surface area (Å²) in [6, 6.07) is 14.0. The minimum atomic E-state index is -0.983. The fraction of sp³-hybridized carbons (Fsp3) is 0.364. The number of carboxylic acids is 1. The lowest BCUT2D eigenvalue weighted by Gasteiger charge is -2.28. The van der Waals surface area contributed by atoms with E-state index in [1.807, 2.05) is 12.1 Å². The highest BCUT2D eigenvalue weighted by Gasteiger charge is 2.42. The zero-order valence-corrected chi connectivity index (χ0v) is 17.3.